The lowest BCUT2D eigenvalue weighted by Crippen LogP contribution is -2.01. The van der Waals surface area contributed by atoms with Crippen molar-refractivity contribution in [2.75, 3.05) is 6.61 Å². The van der Waals surface area contributed by atoms with E-state index in [1.54, 1.807) is 13.0 Å². The third-order valence-corrected chi connectivity index (χ3v) is 3.24. The van der Waals surface area contributed by atoms with Crippen LogP contribution in [0.25, 0.3) is 0 Å². The third-order valence-electron chi connectivity index (χ3n) is 2.62. The van der Waals surface area contributed by atoms with Crippen LogP contribution in [0.2, 0.25) is 0 Å². The van der Waals surface area contributed by atoms with Gasteiger partial charge in [-0.05, 0) is 47.7 Å². The molecule has 0 aromatic heterocycles. The Hall–Kier alpha value is -1.10. The number of halogens is 1. The first-order chi connectivity index (χ1) is 7.58. The smallest absolute Gasteiger partial charge is 0.276 e. The van der Waals surface area contributed by atoms with E-state index in [0.717, 1.165) is 4.47 Å². The molecule has 2 rings (SSSR count). The van der Waals surface area contributed by atoms with Gasteiger partial charge in [0.05, 0.1) is 22.1 Å². The Morgan fingerprint density at radius 2 is 2.25 bits per heavy atom. The fourth-order valence-electron chi connectivity index (χ4n) is 1.44. The summed E-state index contributed by atoms with van der Waals surface area (Å²) in [6.07, 6.45) is 2.40. The molecule has 4 nitrogen and oxygen atoms in total. The van der Waals surface area contributed by atoms with Gasteiger partial charge < -0.3 is 4.74 Å². The van der Waals surface area contributed by atoms with E-state index in [1.807, 2.05) is 0 Å². The maximum absolute atomic E-state index is 10.8. The molecule has 5 heteroatoms. The zero-order chi connectivity index (χ0) is 11.7. The lowest BCUT2D eigenvalue weighted by molar-refractivity contribution is -0.385. The molecule has 0 radical (unpaired) electrons. The van der Waals surface area contributed by atoms with Crippen LogP contribution in [-0.2, 0) is 0 Å². The number of hydrogen-bond donors (Lipinski definition) is 0. The third kappa shape index (κ3) is 2.52. The number of aryl methyl sites for hydroxylation is 1. The van der Waals surface area contributed by atoms with Crippen molar-refractivity contribution in [3.8, 4) is 5.75 Å². The van der Waals surface area contributed by atoms with Crippen molar-refractivity contribution >= 4 is 21.6 Å². The van der Waals surface area contributed by atoms with Gasteiger partial charge in [0.1, 0.15) is 5.75 Å². The second kappa shape index (κ2) is 4.41. The Morgan fingerprint density at radius 1 is 1.56 bits per heavy atom. The number of nitro groups is 1. The Morgan fingerprint density at radius 3 is 2.81 bits per heavy atom. The summed E-state index contributed by atoms with van der Waals surface area (Å²) in [4.78, 5) is 10.4. The first-order valence-electron chi connectivity index (χ1n) is 5.15. The van der Waals surface area contributed by atoms with Gasteiger partial charge in [-0.1, -0.05) is 0 Å². The molecule has 86 valence electrons. The van der Waals surface area contributed by atoms with Crippen LogP contribution in [-0.4, -0.2) is 11.5 Å². The van der Waals surface area contributed by atoms with Crippen LogP contribution in [0.5, 0.6) is 5.75 Å². The highest BCUT2D eigenvalue weighted by Crippen LogP contribution is 2.35. The second-order valence-electron chi connectivity index (χ2n) is 4.08. The summed E-state index contributed by atoms with van der Waals surface area (Å²) >= 11 is 3.35. The number of nitrogens with zero attached hydrogens (tertiary/aromatic N) is 1. The minimum absolute atomic E-state index is 0.106. The lowest BCUT2D eigenvalue weighted by Gasteiger charge is -2.08. The molecule has 0 amide bonds. The lowest BCUT2D eigenvalue weighted by atomic mass is 10.2. The summed E-state index contributed by atoms with van der Waals surface area (Å²) in [5.41, 5.74) is 0.740. The van der Waals surface area contributed by atoms with Crippen LogP contribution < -0.4 is 4.74 Å². The summed E-state index contributed by atoms with van der Waals surface area (Å²) in [6, 6.07) is 3.21. The highest BCUT2D eigenvalue weighted by molar-refractivity contribution is 9.10. The van der Waals surface area contributed by atoms with E-state index in [1.165, 1.54) is 18.9 Å². The maximum Gasteiger partial charge on any atom is 0.276 e. The van der Waals surface area contributed by atoms with E-state index in [9.17, 15) is 10.1 Å². The Bertz CT molecular complexity index is 429. The Kier molecular flexibility index (Phi) is 3.14. The first kappa shape index (κ1) is 11.4. The van der Waals surface area contributed by atoms with Crippen molar-refractivity contribution in [3.63, 3.8) is 0 Å². The standard InChI is InChI=1S/C11H12BrNO3/c1-7-4-9(12)11(5-10(7)13(14)15)16-6-8-2-3-8/h4-5,8H,2-3,6H2,1H3. The molecule has 0 N–H and O–H groups in total. The number of hydrogen-bond acceptors (Lipinski definition) is 3. The molecule has 0 aliphatic heterocycles. The highest BCUT2D eigenvalue weighted by Gasteiger charge is 2.23. The number of benzene rings is 1. The van der Waals surface area contributed by atoms with Gasteiger partial charge in [0.25, 0.3) is 5.69 Å². The van der Waals surface area contributed by atoms with Crippen LogP contribution in [0, 0.1) is 23.0 Å². The normalized spacial score (nSPS) is 14.9. The van der Waals surface area contributed by atoms with E-state index >= 15 is 0 Å². The van der Waals surface area contributed by atoms with Crippen molar-refractivity contribution in [3.05, 3.63) is 32.3 Å². The molecule has 16 heavy (non-hydrogen) atoms. The zero-order valence-electron chi connectivity index (χ0n) is 8.90. The van der Waals surface area contributed by atoms with E-state index < -0.39 is 0 Å². The van der Waals surface area contributed by atoms with Crippen LogP contribution in [0.4, 0.5) is 5.69 Å². The van der Waals surface area contributed by atoms with Crippen LogP contribution >= 0.6 is 15.9 Å². The van der Waals surface area contributed by atoms with Crippen molar-refractivity contribution in [2.45, 2.75) is 19.8 Å². The molecular weight excluding hydrogens is 274 g/mol. The van der Waals surface area contributed by atoms with Gasteiger partial charge in [0.15, 0.2) is 0 Å². The largest absolute Gasteiger partial charge is 0.492 e. The summed E-state index contributed by atoms with van der Waals surface area (Å²) in [5.74, 6) is 1.19. The molecule has 1 aliphatic rings. The van der Waals surface area contributed by atoms with Crippen molar-refractivity contribution in [1.82, 2.24) is 0 Å². The topological polar surface area (TPSA) is 52.4 Å². The maximum atomic E-state index is 10.8. The van der Waals surface area contributed by atoms with Crippen LogP contribution in [0.3, 0.4) is 0 Å². The van der Waals surface area contributed by atoms with E-state index in [0.29, 0.717) is 23.8 Å². The molecule has 1 aromatic rings. The average molecular weight is 286 g/mol. The summed E-state index contributed by atoms with van der Waals surface area (Å²) in [5, 5.41) is 10.8. The molecule has 1 saturated carbocycles. The van der Waals surface area contributed by atoms with Gasteiger partial charge in [0, 0.05) is 5.56 Å². The minimum Gasteiger partial charge on any atom is -0.492 e. The van der Waals surface area contributed by atoms with Crippen molar-refractivity contribution in [2.24, 2.45) is 5.92 Å². The molecule has 0 heterocycles. The molecule has 0 bridgehead atoms. The quantitative estimate of drug-likeness (QED) is 0.629. The van der Waals surface area contributed by atoms with Crippen molar-refractivity contribution < 1.29 is 9.66 Å². The molecule has 0 unspecified atom stereocenters. The van der Waals surface area contributed by atoms with E-state index in [2.05, 4.69) is 15.9 Å². The average Bonchev–Trinajstić information content (AvgIpc) is 2.99. The Balaban J connectivity index is 2.21. The van der Waals surface area contributed by atoms with E-state index in [4.69, 9.17) is 4.74 Å². The van der Waals surface area contributed by atoms with Gasteiger partial charge in [-0.2, -0.15) is 0 Å². The molecule has 0 atom stereocenters. The fourth-order valence-corrected chi connectivity index (χ4v) is 2.01. The number of ether oxygens (including phenoxy) is 1. The predicted octanol–water partition coefficient (Wildman–Crippen LogP) is 3.45. The SMILES string of the molecule is Cc1cc(Br)c(OCC2CC2)cc1[N+](=O)[O-]. The van der Waals surface area contributed by atoms with Gasteiger partial charge >= 0.3 is 0 Å². The molecule has 0 saturated heterocycles. The van der Waals surface area contributed by atoms with Gasteiger partial charge in [-0.15, -0.1) is 0 Å². The number of rotatable bonds is 4. The van der Waals surface area contributed by atoms with Crippen LogP contribution in [0.1, 0.15) is 18.4 Å². The zero-order valence-corrected chi connectivity index (χ0v) is 10.5. The second-order valence-corrected chi connectivity index (χ2v) is 4.93. The summed E-state index contributed by atoms with van der Waals surface area (Å²) in [6.45, 7) is 2.37. The van der Waals surface area contributed by atoms with Crippen LogP contribution in [0.15, 0.2) is 16.6 Å². The molecule has 1 aliphatic carbocycles. The summed E-state index contributed by atoms with van der Waals surface area (Å²) in [7, 11) is 0. The summed E-state index contributed by atoms with van der Waals surface area (Å²) < 4.78 is 6.33. The highest BCUT2D eigenvalue weighted by atomic mass is 79.9. The first-order valence-corrected chi connectivity index (χ1v) is 5.94. The number of nitro benzene ring substituents is 1. The predicted molar refractivity (Wildman–Crippen MR) is 63.8 cm³/mol. The molecule has 0 spiro atoms. The molecule has 1 aromatic carbocycles. The molecular formula is C11H12BrNO3. The van der Waals surface area contributed by atoms with Gasteiger partial charge in [0.2, 0.25) is 0 Å². The Labute approximate surface area is 102 Å². The van der Waals surface area contributed by atoms with E-state index in [-0.39, 0.29) is 10.6 Å². The fraction of sp³-hybridized carbons (Fsp3) is 0.455. The monoisotopic (exact) mass is 285 g/mol. The van der Waals surface area contributed by atoms with Gasteiger partial charge in [-0.25, -0.2) is 0 Å². The molecule has 1 fully saturated rings. The van der Waals surface area contributed by atoms with Crippen molar-refractivity contribution in [1.29, 1.82) is 0 Å². The minimum atomic E-state index is -0.383. The van der Waals surface area contributed by atoms with Gasteiger partial charge in [-0.3, -0.25) is 10.1 Å².